The summed E-state index contributed by atoms with van der Waals surface area (Å²) in [6, 6.07) is 0. The molecule has 1 aliphatic rings. The maximum Gasteiger partial charge on any atom is 0.0493 e. The van der Waals surface area contributed by atoms with Gasteiger partial charge in [-0.1, -0.05) is 22.9 Å². The zero-order chi connectivity index (χ0) is 8.27. The fourth-order valence-electron chi connectivity index (χ4n) is 1.80. The van der Waals surface area contributed by atoms with Crippen LogP contribution in [0.25, 0.3) is 0 Å². The van der Waals surface area contributed by atoms with Crippen molar-refractivity contribution in [3.63, 3.8) is 0 Å². The number of halogens is 1. The molecule has 11 heavy (non-hydrogen) atoms. The van der Waals surface area contributed by atoms with E-state index >= 15 is 0 Å². The van der Waals surface area contributed by atoms with Gasteiger partial charge >= 0.3 is 0 Å². The van der Waals surface area contributed by atoms with Crippen LogP contribution in [0.4, 0.5) is 0 Å². The molecule has 1 fully saturated rings. The van der Waals surface area contributed by atoms with Crippen LogP contribution in [-0.4, -0.2) is 18.5 Å². The van der Waals surface area contributed by atoms with E-state index in [9.17, 15) is 0 Å². The highest BCUT2D eigenvalue weighted by molar-refractivity contribution is 9.09. The van der Waals surface area contributed by atoms with Crippen molar-refractivity contribution in [3.8, 4) is 0 Å². The number of methoxy groups -OCH3 is 1. The van der Waals surface area contributed by atoms with Gasteiger partial charge in [-0.05, 0) is 31.1 Å². The van der Waals surface area contributed by atoms with Crippen molar-refractivity contribution in [2.45, 2.75) is 31.0 Å². The Morgan fingerprint density at radius 3 is 2.82 bits per heavy atom. The third-order valence-electron chi connectivity index (χ3n) is 2.68. The SMILES string of the molecule is COCC1CC(Br)CCC1C. The summed E-state index contributed by atoms with van der Waals surface area (Å²) in [6.45, 7) is 3.27. The van der Waals surface area contributed by atoms with E-state index in [2.05, 4.69) is 22.9 Å². The zero-order valence-electron chi connectivity index (χ0n) is 7.35. The summed E-state index contributed by atoms with van der Waals surface area (Å²) in [5, 5.41) is 0. The second kappa shape index (κ2) is 4.46. The van der Waals surface area contributed by atoms with Gasteiger partial charge in [0.2, 0.25) is 0 Å². The van der Waals surface area contributed by atoms with E-state index in [-0.39, 0.29) is 0 Å². The predicted octanol–water partition coefficient (Wildman–Crippen LogP) is 2.83. The summed E-state index contributed by atoms with van der Waals surface area (Å²) in [7, 11) is 1.80. The third-order valence-corrected chi connectivity index (χ3v) is 3.51. The van der Waals surface area contributed by atoms with E-state index in [1.807, 2.05) is 0 Å². The molecule has 66 valence electrons. The smallest absolute Gasteiger partial charge is 0.0493 e. The Labute approximate surface area is 77.6 Å². The lowest BCUT2D eigenvalue weighted by Gasteiger charge is -2.31. The van der Waals surface area contributed by atoms with Gasteiger partial charge in [-0.2, -0.15) is 0 Å². The Morgan fingerprint density at radius 2 is 2.18 bits per heavy atom. The molecule has 0 spiro atoms. The number of hydrogen-bond donors (Lipinski definition) is 0. The molecule has 3 unspecified atom stereocenters. The third kappa shape index (κ3) is 2.75. The molecule has 0 N–H and O–H groups in total. The van der Waals surface area contributed by atoms with E-state index in [1.54, 1.807) is 7.11 Å². The first kappa shape index (κ1) is 9.53. The molecule has 1 saturated carbocycles. The summed E-state index contributed by atoms with van der Waals surface area (Å²) in [4.78, 5) is 0.735. The average Bonchev–Trinajstić information content (AvgIpc) is 1.98. The van der Waals surface area contributed by atoms with Crippen LogP contribution >= 0.6 is 15.9 Å². The largest absolute Gasteiger partial charge is 0.384 e. The van der Waals surface area contributed by atoms with Crippen LogP contribution in [-0.2, 0) is 4.74 Å². The molecule has 2 heteroatoms. The van der Waals surface area contributed by atoms with Crippen LogP contribution in [0.1, 0.15) is 26.2 Å². The van der Waals surface area contributed by atoms with Crippen molar-refractivity contribution in [1.82, 2.24) is 0 Å². The minimum atomic E-state index is 0.735. The molecule has 0 aliphatic heterocycles. The maximum atomic E-state index is 5.18. The highest BCUT2D eigenvalue weighted by atomic mass is 79.9. The molecule has 0 aromatic carbocycles. The first-order valence-corrected chi connectivity index (χ1v) is 5.28. The van der Waals surface area contributed by atoms with E-state index in [1.165, 1.54) is 19.3 Å². The fraction of sp³-hybridized carbons (Fsp3) is 1.00. The molecule has 1 rings (SSSR count). The van der Waals surface area contributed by atoms with Gasteiger partial charge in [0.25, 0.3) is 0 Å². The highest BCUT2D eigenvalue weighted by Gasteiger charge is 2.25. The van der Waals surface area contributed by atoms with Gasteiger partial charge in [0, 0.05) is 18.5 Å². The molecule has 0 aromatic rings. The van der Waals surface area contributed by atoms with Crippen LogP contribution in [0.5, 0.6) is 0 Å². The van der Waals surface area contributed by atoms with Crippen molar-refractivity contribution in [2.75, 3.05) is 13.7 Å². The van der Waals surface area contributed by atoms with Crippen LogP contribution < -0.4 is 0 Å². The van der Waals surface area contributed by atoms with Crippen molar-refractivity contribution in [2.24, 2.45) is 11.8 Å². The fourth-order valence-corrected chi connectivity index (χ4v) is 2.55. The topological polar surface area (TPSA) is 9.23 Å². The van der Waals surface area contributed by atoms with E-state index in [0.717, 1.165) is 23.3 Å². The molecule has 0 aromatic heterocycles. The Kier molecular flexibility index (Phi) is 3.86. The first-order valence-electron chi connectivity index (χ1n) is 4.37. The lowest BCUT2D eigenvalue weighted by molar-refractivity contribution is 0.103. The molecule has 1 nitrogen and oxygen atoms in total. The van der Waals surface area contributed by atoms with E-state index < -0.39 is 0 Å². The first-order chi connectivity index (χ1) is 5.24. The van der Waals surface area contributed by atoms with Gasteiger partial charge in [0.1, 0.15) is 0 Å². The molecule has 0 heterocycles. The van der Waals surface area contributed by atoms with Crippen molar-refractivity contribution >= 4 is 15.9 Å². The van der Waals surface area contributed by atoms with Crippen molar-refractivity contribution in [1.29, 1.82) is 0 Å². The number of alkyl halides is 1. The zero-order valence-corrected chi connectivity index (χ0v) is 8.93. The van der Waals surface area contributed by atoms with Gasteiger partial charge in [0.05, 0.1) is 0 Å². The molecule has 0 saturated heterocycles. The summed E-state index contributed by atoms with van der Waals surface area (Å²) >= 11 is 3.67. The van der Waals surface area contributed by atoms with Crippen LogP contribution in [0.2, 0.25) is 0 Å². The van der Waals surface area contributed by atoms with Crippen molar-refractivity contribution in [3.05, 3.63) is 0 Å². The summed E-state index contributed by atoms with van der Waals surface area (Å²) < 4.78 is 5.18. The van der Waals surface area contributed by atoms with Crippen LogP contribution in [0, 0.1) is 11.8 Å². The summed E-state index contributed by atoms with van der Waals surface area (Å²) in [5.41, 5.74) is 0. The predicted molar refractivity (Wildman–Crippen MR) is 51.1 cm³/mol. The Hall–Kier alpha value is 0.440. The maximum absolute atomic E-state index is 5.18. The van der Waals surface area contributed by atoms with Gasteiger partial charge in [0.15, 0.2) is 0 Å². The number of ether oxygens (including phenoxy) is 1. The van der Waals surface area contributed by atoms with Crippen LogP contribution in [0.15, 0.2) is 0 Å². The Morgan fingerprint density at radius 1 is 1.45 bits per heavy atom. The second-order valence-electron chi connectivity index (χ2n) is 3.60. The molecule has 0 amide bonds. The van der Waals surface area contributed by atoms with Gasteiger partial charge in [-0.25, -0.2) is 0 Å². The number of rotatable bonds is 2. The summed E-state index contributed by atoms with van der Waals surface area (Å²) in [6.07, 6.45) is 3.97. The lowest BCUT2D eigenvalue weighted by Crippen LogP contribution is -2.26. The second-order valence-corrected chi connectivity index (χ2v) is 4.90. The standard InChI is InChI=1S/C9H17BrO/c1-7-3-4-9(10)5-8(7)6-11-2/h7-9H,3-6H2,1-2H3. The van der Waals surface area contributed by atoms with Gasteiger partial charge in [-0.3, -0.25) is 0 Å². The summed E-state index contributed by atoms with van der Waals surface area (Å²) in [5.74, 6) is 1.63. The molecule has 0 radical (unpaired) electrons. The molecule has 0 bridgehead atoms. The molecule has 1 aliphatic carbocycles. The van der Waals surface area contributed by atoms with Crippen molar-refractivity contribution < 1.29 is 4.74 Å². The van der Waals surface area contributed by atoms with Gasteiger partial charge < -0.3 is 4.74 Å². The lowest BCUT2D eigenvalue weighted by atomic mass is 9.81. The number of hydrogen-bond acceptors (Lipinski definition) is 1. The van der Waals surface area contributed by atoms with E-state index in [4.69, 9.17) is 4.74 Å². The quantitative estimate of drug-likeness (QED) is 0.651. The monoisotopic (exact) mass is 220 g/mol. The van der Waals surface area contributed by atoms with Crippen LogP contribution in [0.3, 0.4) is 0 Å². The minimum absolute atomic E-state index is 0.735. The molecular weight excluding hydrogens is 204 g/mol. The Balaban J connectivity index is 2.34. The Bertz CT molecular complexity index is 116. The highest BCUT2D eigenvalue weighted by Crippen LogP contribution is 2.33. The molecular formula is C9H17BrO. The normalized spacial score (nSPS) is 39.0. The minimum Gasteiger partial charge on any atom is -0.384 e. The van der Waals surface area contributed by atoms with E-state index in [0.29, 0.717) is 0 Å². The average molecular weight is 221 g/mol. The van der Waals surface area contributed by atoms with Gasteiger partial charge in [-0.15, -0.1) is 0 Å². The molecule has 3 atom stereocenters.